The van der Waals surface area contributed by atoms with E-state index in [0.717, 1.165) is 21.4 Å². The lowest BCUT2D eigenvalue weighted by Crippen LogP contribution is -2.28. The van der Waals surface area contributed by atoms with Gasteiger partial charge in [-0.3, -0.25) is 9.77 Å². The fraction of sp³-hybridized carbons (Fsp3) is 0.0625. The smallest absolute Gasteiger partial charge is 0.326 e. The molecule has 0 spiro atoms. The summed E-state index contributed by atoms with van der Waals surface area (Å²) in [7, 11) is 1.57. The average Bonchev–Trinajstić information content (AvgIpc) is 3.04. The third-order valence-electron chi connectivity index (χ3n) is 3.31. The van der Waals surface area contributed by atoms with Gasteiger partial charge in [-0.1, -0.05) is 18.2 Å². The first-order valence-electron chi connectivity index (χ1n) is 6.75. The van der Waals surface area contributed by atoms with Gasteiger partial charge in [-0.25, -0.2) is 9.78 Å². The molecular weight excluding hydrogens is 280 g/mol. The molecule has 0 bridgehead atoms. The van der Waals surface area contributed by atoms with Gasteiger partial charge in [0.2, 0.25) is 12.4 Å². The molecule has 0 aliphatic heterocycles. The Balaban J connectivity index is 1.97. The SMILES string of the molecule is CNC(=O)n1cnc(-c2cccc(-c3ccc[n+](O)c3)c2)c1. The molecule has 0 aliphatic rings. The van der Waals surface area contributed by atoms with E-state index in [1.165, 1.54) is 10.9 Å². The van der Waals surface area contributed by atoms with Gasteiger partial charge in [0, 0.05) is 29.6 Å². The third kappa shape index (κ3) is 2.67. The number of aromatic nitrogens is 3. The Bertz CT molecular complexity index is 826. The van der Waals surface area contributed by atoms with E-state index >= 15 is 0 Å². The predicted octanol–water partition coefficient (Wildman–Crippen LogP) is 1.93. The molecule has 6 nitrogen and oxygen atoms in total. The fourth-order valence-electron chi connectivity index (χ4n) is 2.20. The Morgan fingerprint density at radius 3 is 2.77 bits per heavy atom. The van der Waals surface area contributed by atoms with Crippen molar-refractivity contribution >= 4 is 6.03 Å². The molecule has 0 atom stereocenters. The second-order valence-electron chi connectivity index (χ2n) is 4.77. The summed E-state index contributed by atoms with van der Waals surface area (Å²) in [6, 6.07) is 11.2. The van der Waals surface area contributed by atoms with Crippen LogP contribution in [0, 0.1) is 0 Å². The van der Waals surface area contributed by atoms with Gasteiger partial charge in [0.05, 0.1) is 11.3 Å². The van der Waals surface area contributed by atoms with Crippen molar-refractivity contribution < 1.29 is 14.7 Å². The molecule has 22 heavy (non-hydrogen) atoms. The Morgan fingerprint density at radius 2 is 2.00 bits per heavy atom. The molecule has 0 unspecified atom stereocenters. The summed E-state index contributed by atoms with van der Waals surface area (Å²) in [6.45, 7) is 0. The minimum absolute atomic E-state index is 0.237. The first-order chi connectivity index (χ1) is 10.7. The zero-order chi connectivity index (χ0) is 15.5. The minimum Gasteiger partial charge on any atom is -0.340 e. The van der Waals surface area contributed by atoms with Crippen molar-refractivity contribution in [1.82, 2.24) is 14.9 Å². The van der Waals surface area contributed by atoms with Crippen molar-refractivity contribution in [2.75, 3.05) is 7.05 Å². The highest BCUT2D eigenvalue weighted by Gasteiger charge is 2.09. The van der Waals surface area contributed by atoms with Crippen LogP contribution in [0.5, 0.6) is 0 Å². The van der Waals surface area contributed by atoms with Gasteiger partial charge in [0.25, 0.3) is 0 Å². The Morgan fingerprint density at radius 1 is 1.23 bits per heavy atom. The maximum atomic E-state index is 11.6. The van der Waals surface area contributed by atoms with Crippen LogP contribution in [0.1, 0.15) is 0 Å². The van der Waals surface area contributed by atoms with E-state index in [1.807, 2.05) is 30.3 Å². The van der Waals surface area contributed by atoms with Gasteiger partial charge in [-0.15, -0.1) is 0 Å². The maximum absolute atomic E-state index is 11.6. The van der Waals surface area contributed by atoms with Gasteiger partial charge in [-0.05, 0) is 17.7 Å². The largest absolute Gasteiger partial charge is 0.340 e. The maximum Gasteiger partial charge on any atom is 0.326 e. The highest BCUT2D eigenvalue weighted by Crippen LogP contribution is 2.24. The van der Waals surface area contributed by atoms with E-state index in [-0.39, 0.29) is 6.03 Å². The summed E-state index contributed by atoms with van der Waals surface area (Å²) < 4.78 is 2.41. The number of amides is 1. The predicted molar refractivity (Wildman–Crippen MR) is 80.3 cm³/mol. The molecule has 0 aliphatic carbocycles. The molecule has 0 saturated carbocycles. The fourth-order valence-corrected chi connectivity index (χ4v) is 2.20. The highest BCUT2D eigenvalue weighted by molar-refractivity contribution is 5.78. The molecule has 0 fully saturated rings. The number of nitrogens with one attached hydrogen (secondary N) is 1. The number of benzene rings is 1. The van der Waals surface area contributed by atoms with Crippen LogP contribution in [0.15, 0.2) is 61.3 Å². The lowest BCUT2D eigenvalue weighted by molar-refractivity contribution is -0.904. The number of hydrogen-bond donors (Lipinski definition) is 2. The highest BCUT2D eigenvalue weighted by atomic mass is 16.5. The van der Waals surface area contributed by atoms with Crippen molar-refractivity contribution in [3.05, 3.63) is 61.3 Å². The van der Waals surface area contributed by atoms with Crippen molar-refractivity contribution in [3.8, 4) is 22.4 Å². The zero-order valence-electron chi connectivity index (χ0n) is 12.0. The Hall–Kier alpha value is -3.15. The van der Waals surface area contributed by atoms with Crippen LogP contribution in [0.25, 0.3) is 22.4 Å². The lowest BCUT2D eigenvalue weighted by Gasteiger charge is -2.02. The van der Waals surface area contributed by atoms with Crippen molar-refractivity contribution in [2.45, 2.75) is 0 Å². The Kier molecular flexibility index (Phi) is 3.57. The molecule has 2 aromatic heterocycles. The number of carbonyl (C=O) groups excluding carboxylic acids is 1. The monoisotopic (exact) mass is 295 g/mol. The van der Waals surface area contributed by atoms with E-state index in [1.54, 1.807) is 31.7 Å². The third-order valence-corrected chi connectivity index (χ3v) is 3.31. The molecule has 6 heteroatoms. The summed E-state index contributed by atoms with van der Waals surface area (Å²) in [5.74, 6) is 0. The summed E-state index contributed by atoms with van der Waals surface area (Å²) in [5.41, 5.74) is 3.44. The number of rotatable bonds is 2. The van der Waals surface area contributed by atoms with Gasteiger partial charge < -0.3 is 5.32 Å². The number of hydrogen-bond acceptors (Lipinski definition) is 3. The number of pyridine rings is 1. The van der Waals surface area contributed by atoms with E-state index in [9.17, 15) is 10.0 Å². The molecule has 3 rings (SSSR count). The van der Waals surface area contributed by atoms with Crippen LogP contribution < -0.4 is 10.0 Å². The van der Waals surface area contributed by atoms with E-state index in [0.29, 0.717) is 5.69 Å². The van der Waals surface area contributed by atoms with E-state index in [4.69, 9.17) is 0 Å². The lowest BCUT2D eigenvalue weighted by atomic mass is 10.0. The first kappa shape index (κ1) is 13.8. The molecule has 3 aromatic rings. The van der Waals surface area contributed by atoms with Gasteiger partial charge >= 0.3 is 6.03 Å². The molecule has 0 saturated heterocycles. The normalized spacial score (nSPS) is 10.4. The zero-order valence-corrected chi connectivity index (χ0v) is 12.0. The standard InChI is InChI=1S/C16H14N4O2/c1-17-16(21)19-10-15(18-11-19)13-5-2-4-12(8-13)14-6-3-7-20(22)9-14/h2-11H,1H3,(H-,17,21,22)/p+1. The van der Waals surface area contributed by atoms with E-state index in [2.05, 4.69) is 10.3 Å². The molecule has 110 valence electrons. The van der Waals surface area contributed by atoms with Crippen LogP contribution in [-0.4, -0.2) is 27.8 Å². The minimum atomic E-state index is -0.237. The Labute approximate surface area is 127 Å². The first-order valence-corrected chi connectivity index (χ1v) is 6.75. The van der Waals surface area contributed by atoms with Crippen LogP contribution in [0.4, 0.5) is 4.79 Å². The average molecular weight is 295 g/mol. The second kappa shape index (κ2) is 5.69. The van der Waals surface area contributed by atoms with Crippen LogP contribution in [0.3, 0.4) is 0 Å². The van der Waals surface area contributed by atoms with Crippen molar-refractivity contribution in [1.29, 1.82) is 0 Å². The molecule has 2 N–H and O–H groups in total. The van der Waals surface area contributed by atoms with Crippen LogP contribution >= 0.6 is 0 Å². The quantitative estimate of drug-likeness (QED) is 0.560. The van der Waals surface area contributed by atoms with Crippen molar-refractivity contribution in [3.63, 3.8) is 0 Å². The van der Waals surface area contributed by atoms with Gasteiger partial charge in [-0.2, -0.15) is 0 Å². The van der Waals surface area contributed by atoms with Crippen LogP contribution in [-0.2, 0) is 0 Å². The van der Waals surface area contributed by atoms with Gasteiger partial charge in [0.1, 0.15) is 6.33 Å². The number of imidazole rings is 1. The molecular formula is C16H15N4O2+. The van der Waals surface area contributed by atoms with Crippen molar-refractivity contribution in [2.24, 2.45) is 0 Å². The number of carbonyl (C=O) groups is 1. The summed E-state index contributed by atoms with van der Waals surface area (Å²) in [4.78, 5) is 15.8. The molecule has 0 radical (unpaired) electrons. The summed E-state index contributed by atoms with van der Waals surface area (Å²) in [5, 5.41) is 12.1. The summed E-state index contributed by atoms with van der Waals surface area (Å²) in [6.07, 6.45) is 6.33. The molecule has 1 aromatic carbocycles. The molecule has 2 heterocycles. The van der Waals surface area contributed by atoms with Gasteiger partial charge in [0.15, 0.2) is 0 Å². The summed E-state index contributed by atoms with van der Waals surface area (Å²) >= 11 is 0. The topological polar surface area (TPSA) is 71.0 Å². The van der Waals surface area contributed by atoms with E-state index < -0.39 is 0 Å². The molecule has 1 amide bonds. The number of nitrogens with zero attached hydrogens (tertiary/aromatic N) is 3. The van der Waals surface area contributed by atoms with Crippen LogP contribution in [0.2, 0.25) is 0 Å². The second-order valence-corrected chi connectivity index (χ2v) is 4.77.